The molecule has 4 heterocycles. The SMILES string of the molecule is C=CC(=O)N1[C@H](C)CN(C2=NC(O)N(c3c(C)ccnc3C(C)C)c3nc(-c4c(F)c(F)c(F)c(N)c4Cl)c(F)cc32)C[C@@H]1C. The van der Waals surface area contributed by atoms with Crippen LogP contribution >= 0.6 is 11.6 Å². The van der Waals surface area contributed by atoms with Gasteiger partial charge in [-0.1, -0.05) is 32.0 Å². The molecule has 0 bridgehead atoms. The van der Waals surface area contributed by atoms with Gasteiger partial charge in [0.15, 0.2) is 23.3 Å². The number of nitrogens with zero attached hydrogens (tertiary/aromatic N) is 6. The Morgan fingerprint density at radius 1 is 1.16 bits per heavy atom. The van der Waals surface area contributed by atoms with E-state index in [0.717, 1.165) is 6.07 Å². The van der Waals surface area contributed by atoms with Gasteiger partial charge in [0.1, 0.15) is 17.3 Å². The summed E-state index contributed by atoms with van der Waals surface area (Å²) in [6.45, 7) is 13.4. The van der Waals surface area contributed by atoms with Crippen LogP contribution in [0.2, 0.25) is 5.02 Å². The second-order valence-electron chi connectivity index (χ2n) is 11.5. The van der Waals surface area contributed by atoms with Crippen LogP contribution < -0.4 is 10.6 Å². The minimum absolute atomic E-state index is 0.0643. The van der Waals surface area contributed by atoms with Crippen LogP contribution in [0.1, 0.15) is 50.4 Å². The van der Waals surface area contributed by atoms with E-state index in [9.17, 15) is 18.7 Å². The van der Waals surface area contributed by atoms with E-state index >= 15 is 8.78 Å². The Balaban J connectivity index is 1.77. The van der Waals surface area contributed by atoms with Crippen LogP contribution in [0.4, 0.5) is 34.8 Å². The Morgan fingerprint density at radius 2 is 1.80 bits per heavy atom. The van der Waals surface area contributed by atoms with Gasteiger partial charge in [-0.3, -0.25) is 14.7 Å². The first-order valence-corrected chi connectivity index (χ1v) is 14.6. The molecule has 238 valence electrons. The lowest BCUT2D eigenvalue weighted by Gasteiger charge is -2.46. The maximum absolute atomic E-state index is 16.0. The van der Waals surface area contributed by atoms with Gasteiger partial charge in [-0.15, -0.1) is 0 Å². The number of hydrogen-bond donors (Lipinski definition) is 2. The van der Waals surface area contributed by atoms with Crippen molar-refractivity contribution in [3.8, 4) is 11.3 Å². The molecule has 0 radical (unpaired) electrons. The summed E-state index contributed by atoms with van der Waals surface area (Å²) in [5.41, 5.74) is 4.83. The zero-order chi connectivity index (χ0) is 33.1. The van der Waals surface area contributed by atoms with Gasteiger partial charge in [0.25, 0.3) is 0 Å². The number of fused-ring (bicyclic) bond motifs is 1. The minimum Gasteiger partial charge on any atom is -0.395 e. The number of piperazine rings is 1. The van der Waals surface area contributed by atoms with E-state index in [1.165, 1.54) is 11.0 Å². The van der Waals surface area contributed by atoms with Crippen LogP contribution in [0.15, 0.2) is 36.0 Å². The number of halogens is 5. The second-order valence-corrected chi connectivity index (χ2v) is 11.9. The van der Waals surface area contributed by atoms with E-state index in [0.29, 0.717) is 16.9 Å². The minimum atomic E-state index is -1.94. The highest BCUT2D eigenvalue weighted by Crippen LogP contribution is 2.44. The van der Waals surface area contributed by atoms with E-state index in [1.807, 2.05) is 27.7 Å². The van der Waals surface area contributed by atoms with Crippen molar-refractivity contribution in [2.24, 2.45) is 4.99 Å². The number of amides is 1. The molecule has 2 aliphatic rings. The van der Waals surface area contributed by atoms with Gasteiger partial charge in [0, 0.05) is 31.4 Å². The van der Waals surface area contributed by atoms with Crippen molar-refractivity contribution in [3.63, 3.8) is 0 Å². The maximum atomic E-state index is 16.0. The predicted octanol–water partition coefficient (Wildman–Crippen LogP) is 5.65. The molecule has 1 aromatic carbocycles. The van der Waals surface area contributed by atoms with Crippen molar-refractivity contribution < 1.29 is 27.5 Å². The normalized spacial score (nSPS) is 20.0. The van der Waals surface area contributed by atoms with Crippen molar-refractivity contribution in [3.05, 3.63) is 76.1 Å². The molecule has 2 aliphatic heterocycles. The first-order chi connectivity index (χ1) is 21.2. The summed E-state index contributed by atoms with van der Waals surface area (Å²) in [5.74, 6) is -6.84. The highest BCUT2D eigenvalue weighted by atomic mass is 35.5. The van der Waals surface area contributed by atoms with Crippen LogP contribution in [0.5, 0.6) is 0 Å². The van der Waals surface area contributed by atoms with Crippen molar-refractivity contribution in [2.75, 3.05) is 23.7 Å². The number of amidine groups is 1. The zero-order valence-corrected chi connectivity index (χ0v) is 26.0. The van der Waals surface area contributed by atoms with Crippen LogP contribution in [-0.2, 0) is 4.79 Å². The molecule has 2 aromatic heterocycles. The summed E-state index contributed by atoms with van der Waals surface area (Å²) in [6, 6.07) is 2.11. The second kappa shape index (κ2) is 11.9. The van der Waals surface area contributed by atoms with Gasteiger partial charge in [-0.25, -0.2) is 27.5 Å². The lowest BCUT2D eigenvalue weighted by molar-refractivity contribution is -0.132. The van der Waals surface area contributed by atoms with E-state index in [-0.39, 0.29) is 54.2 Å². The van der Waals surface area contributed by atoms with E-state index < -0.39 is 51.6 Å². The number of benzene rings is 1. The van der Waals surface area contributed by atoms with Crippen LogP contribution in [0.3, 0.4) is 0 Å². The van der Waals surface area contributed by atoms with Gasteiger partial charge in [-0.05, 0) is 50.5 Å². The Bertz CT molecular complexity index is 1710. The summed E-state index contributed by atoms with van der Waals surface area (Å²) >= 11 is 6.15. The average molecular weight is 646 g/mol. The number of aliphatic imine (C=N–C) groups is 1. The van der Waals surface area contributed by atoms with E-state index in [2.05, 4.69) is 21.5 Å². The number of anilines is 3. The molecule has 1 fully saturated rings. The number of rotatable bonds is 4. The number of aliphatic hydroxyl groups excluding tert-OH is 1. The van der Waals surface area contributed by atoms with Crippen molar-refractivity contribution >= 4 is 40.5 Å². The molecule has 1 unspecified atom stereocenters. The third kappa shape index (κ3) is 5.27. The quantitative estimate of drug-likeness (QED) is 0.124. The Hall–Kier alpha value is -4.23. The molecular formula is C31H32ClF4N7O2. The fourth-order valence-corrected chi connectivity index (χ4v) is 6.28. The fraction of sp³-hybridized carbons (Fsp3) is 0.355. The molecule has 3 atom stereocenters. The van der Waals surface area contributed by atoms with E-state index in [4.69, 9.17) is 17.3 Å². The number of carbonyl (C=O) groups is 1. The van der Waals surface area contributed by atoms with Crippen LogP contribution in [-0.4, -0.2) is 68.1 Å². The molecule has 45 heavy (non-hydrogen) atoms. The van der Waals surface area contributed by atoms with Gasteiger partial charge in [0.2, 0.25) is 12.3 Å². The van der Waals surface area contributed by atoms with E-state index in [1.54, 1.807) is 29.0 Å². The molecule has 5 rings (SSSR count). The molecule has 3 N–H and O–H groups in total. The Morgan fingerprint density at radius 3 is 2.40 bits per heavy atom. The van der Waals surface area contributed by atoms with Crippen LogP contribution in [0.25, 0.3) is 11.3 Å². The average Bonchev–Trinajstić information content (AvgIpc) is 2.99. The molecule has 1 amide bonds. The predicted molar refractivity (Wildman–Crippen MR) is 164 cm³/mol. The largest absolute Gasteiger partial charge is 0.395 e. The first-order valence-electron chi connectivity index (χ1n) is 14.2. The smallest absolute Gasteiger partial charge is 0.246 e. The molecule has 0 saturated carbocycles. The summed E-state index contributed by atoms with van der Waals surface area (Å²) in [7, 11) is 0. The van der Waals surface area contributed by atoms with Crippen molar-refractivity contribution in [1.82, 2.24) is 19.8 Å². The molecular weight excluding hydrogens is 614 g/mol. The summed E-state index contributed by atoms with van der Waals surface area (Å²) in [5, 5.41) is 10.9. The number of hydrogen-bond acceptors (Lipinski definition) is 8. The monoisotopic (exact) mass is 645 g/mol. The Kier molecular flexibility index (Phi) is 8.53. The molecule has 0 spiro atoms. The topological polar surface area (TPSA) is 111 Å². The zero-order valence-electron chi connectivity index (χ0n) is 25.2. The van der Waals surface area contributed by atoms with Gasteiger partial charge < -0.3 is 20.6 Å². The summed E-state index contributed by atoms with van der Waals surface area (Å²) in [4.78, 5) is 30.8. The number of nitrogen functional groups attached to an aromatic ring is 1. The molecule has 3 aromatic rings. The van der Waals surface area contributed by atoms with Gasteiger partial charge in [0.05, 0.1) is 33.2 Å². The molecule has 1 saturated heterocycles. The summed E-state index contributed by atoms with van der Waals surface area (Å²) in [6.07, 6.45) is 1.22. The number of nitrogens with two attached hydrogens (primary N) is 1. The lowest BCUT2D eigenvalue weighted by atomic mass is 10.0. The van der Waals surface area contributed by atoms with Crippen LogP contribution in [0, 0.1) is 30.2 Å². The third-order valence-corrected chi connectivity index (χ3v) is 8.41. The lowest BCUT2D eigenvalue weighted by Crippen LogP contribution is -2.60. The summed E-state index contributed by atoms with van der Waals surface area (Å²) < 4.78 is 60.0. The molecule has 14 heteroatoms. The number of aromatic nitrogens is 2. The number of aryl methyl sites for hydroxylation is 1. The fourth-order valence-electron chi connectivity index (χ4n) is 6.02. The Labute approximate surface area is 262 Å². The molecule has 0 aliphatic carbocycles. The standard InChI is InChI=1S/C31H32ClF4N7O2/c1-7-19(44)42-15(5)11-41(12-16(42)6)29-17-10-18(33)27(20-21(32)25(37)24(36)23(35)22(20)34)39-30(17)43(31(45)40-29)28-14(4)8-9-38-26(28)13(2)3/h7-10,13,15-16,31,45H,1,11-12,37H2,2-6H3/t15-,16+,31?. The maximum Gasteiger partial charge on any atom is 0.246 e. The number of carbonyl (C=O) groups excluding carboxylic acids is 1. The number of pyridine rings is 2. The molecule has 9 nitrogen and oxygen atoms in total. The van der Waals surface area contributed by atoms with Crippen molar-refractivity contribution in [2.45, 2.75) is 59.0 Å². The highest BCUT2D eigenvalue weighted by Gasteiger charge is 2.40. The third-order valence-electron chi connectivity index (χ3n) is 8.02. The van der Waals surface area contributed by atoms with Crippen molar-refractivity contribution in [1.29, 1.82) is 0 Å². The number of aliphatic hydroxyl groups is 1. The first kappa shape index (κ1) is 32.2. The van der Waals surface area contributed by atoms with Gasteiger partial charge in [-0.2, -0.15) is 0 Å². The van der Waals surface area contributed by atoms with Gasteiger partial charge >= 0.3 is 0 Å². The highest BCUT2D eigenvalue weighted by molar-refractivity contribution is 6.35.